The van der Waals surface area contributed by atoms with Crippen molar-refractivity contribution < 1.29 is 18.0 Å². The highest BCUT2D eigenvalue weighted by Crippen LogP contribution is 2.34. The Hall–Kier alpha value is -2.56. The van der Waals surface area contributed by atoms with Crippen LogP contribution in [-0.2, 0) is 6.18 Å². The average molecular weight is 333 g/mol. The van der Waals surface area contributed by atoms with Gasteiger partial charge in [0.15, 0.2) is 5.78 Å². The van der Waals surface area contributed by atoms with E-state index in [1.165, 1.54) is 30.5 Å². The summed E-state index contributed by atoms with van der Waals surface area (Å²) in [4.78, 5) is 12.0. The maximum absolute atomic E-state index is 12.9. The molecular formula is C19H18F3NO. The van der Waals surface area contributed by atoms with Crippen LogP contribution in [-0.4, -0.2) is 5.78 Å². The van der Waals surface area contributed by atoms with Crippen molar-refractivity contribution in [2.24, 2.45) is 0 Å². The molecule has 0 aliphatic rings. The molecular weight excluding hydrogens is 315 g/mol. The minimum Gasteiger partial charge on any atom is -0.361 e. The van der Waals surface area contributed by atoms with Crippen molar-refractivity contribution in [3.8, 4) is 0 Å². The monoisotopic (exact) mass is 333 g/mol. The van der Waals surface area contributed by atoms with E-state index < -0.39 is 11.7 Å². The van der Waals surface area contributed by atoms with Crippen LogP contribution in [0.5, 0.6) is 0 Å². The molecule has 0 atom stereocenters. The number of nitrogens with one attached hydrogen (secondary N) is 1. The average Bonchev–Trinajstić information content (AvgIpc) is 2.54. The van der Waals surface area contributed by atoms with E-state index in [1.54, 1.807) is 12.1 Å². The standard InChI is InChI=1S/C19H18F3NO/c1-13(2)14-7-9-15(10-8-14)18(24)11-12-23-17-6-4-3-5-16(17)19(20,21)22/h3-13,23H,1-2H3. The number of ketones is 1. The lowest BCUT2D eigenvalue weighted by Crippen LogP contribution is -2.08. The van der Waals surface area contributed by atoms with Gasteiger partial charge in [0.2, 0.25) is 0 Å². The molecule has 0 aliphatic carbocycles. The molecule has 0 radical (unpaired) electrons. The number of carbonyl (C=O) groups is 1. The Morgan fingerprint density at radius 2 is 1.67 bits per heavy atom. The van der Waals surface area contributed by atoms with E-state index in [-0.39, 0.29) is 11.5 Å². The van der Waals surface area contributed by atoms with E-state index in [9.17, 15) is 18.0 Å². The van der Waals surface area contributed by atoms with Crippen molar-refractivity contribution in [3.63, 3.8) is 0 Å². The number of benzene rings is 2. The molecule has 0 aromatic heterocycles. The first-order valence-corrected chi connectivity index (χ1v) is 7.52. The van der Waals surface area contributed by atoms with Crippen LogP contribution in [0.25, 0.3) is 0 Å². The molecule has 0 saturated heterocycles. The van der Waals surface area contributed by atoms with Crippen molar-refractivity contribution in [2.75, 3.05) is 5.32 Å². The zero-order chi connectivity index (χ0) is 17.7. The largest absolute Gasteiger partial charge is 0.418 e. The molecule has 126 valence electrons. The molecule has 0 fully saturated rings. The van der Waals surface area contributed by atoms with Gasteiger partial charge in [-0.05, 0) is 23.6 Å². The lowest BCUT2D eigenvalue weighted by atomic mass is 10.0. The summed E-state index contributed by atoms with van der Waals surface area (Å²) in [6, 6.07) is 12.3. The van der Waals surface area contributed by atoms with E-state index in [4.69, 9.17) is 0 Å². The molecule has 0 aliphatic heterocycles. The summed E-state index contributed by atoms with van der Waals surface area (Å²) in [6.07, 6.45) is -2.01. The highest BCUT2D eigenvalue weighted by atomic mass is 19.4. The summed E-state index contributed by atoms with van der Waals surface area (Å²) in [6.45, 7) is 4.11. The Kier molecular flexibility index (Phi) is 5.44. The Balaban J connectivity index is 2.08. The Morgan fingerprint density at radius 3 is 2.25 bits per heavy atom. The molecule has 0 saturated carbocycles. The van der Waals surface area contributed by atoms with E-state index >= 15 is 0 Å². The van der Waals surface area contributed by atoms with Gasteiger partial charge in [-0.3, -0.25) is 4.79 Å². The zero-order valence-corrected chi connectivity index (χ0v) is 13.4. The quantitative estimate of drug-likeness (QED) is 0.567. The minimum absolute atomic E-state index is 0.0933. The minimum atomic E-state index is -4.45. The lowest BCUT2D eigenvalue weighted by molar-refractivity contribution is -0.136. The summed E-state index contributed by atoms with van der Waals surface area (Å²) < 4.78 is 38.6. The maximum atomic E-state index is 12.9. The number of alkyl halides is 3. The van der Waals surface area contributed by atoms with E-state index in [0.717, 1.165) is 11.6 Å². The number of rotatable bonds is 5. The number of hydrogen-bond acceptors (Lipinski definition) is 2. The summed E-state index contributed by atoms with van der Waals surface area (Å²) in [5.74, 6) is 0.0903. The fourth-order valence-corrected chi connectivity index (χ4v) is 2.19. The molecule has 5 heteroatoms. The van der Waals surface area contributed by atoms with Crippen molar-refractivity contribution >= 4 is 11.5 Å². The molecule has 0 unspecified atom stereocenters. The maximum Gasteiger partial charge on any atom is 0.418 e. The van der Waals surface area contributed by atoms with Crippen molar-refractivity contribution in [3.05, 3.63) is 77.5 Å². The highest BCUT2D eigenvalue weighted by Gasteiger charge is 2.32. The van der Waals surface area contributed by atoms with Crippen LogP contribution in [0.1, 0.15) is 41.3 Å². The second-order valence-corrected chi connectivity index (χ2v) is 5.66. The SMILES string of the molecule is CC(C)c1ccc(C(=O)C=CNc2ccccc2C(F)(F)F)cc1. The van der Waals surface area contributed by atoms with Crippen LogP contribution in [0.2, 0.25) is 0 Å². The van der Waals surface area contributed by atoms with Crippen LogP contribution in [0.3, 0.4) is 0 Å². The van der Waals surface area contributed by atoms with Gasteiger partial charge in [0, 0.05) is 17.8 Å². The normalized spacial score (nSPS) is 11.9. The van der Waals surface area contributed by atoms with Gasteiger partial charge in [-0.2, -0.15) is 13.2 Å². The van der Waals surface area contributed by atoms with E-state index in [1.807, 2.05) is 12.1 Å². The highest BCUT2D eigenvalue weighted by molar-refractivity contribution is 6.04. The third kappa shape index (κ3) is 4.47. The van der Waals surface area contributed by atoms with Gasteiger partial charge in [-0.1, -0.05) is 50.2 Å². The molecule has 0 heterocycles. The number of halogens is 3. The predicted octanol–water partition coefficient (Wildman–Crippen LogP) is 5.64. The number of hydrogen-bond donors (Lipinski definition) is 1. The predicted molar refractivity (Wildman–Crippen MR) is 89.1 cm³/mol. The Bertz CT molecular complexity index is 731. The molecule has 2 nitrogen and oxygen atoms in total. The van der Waals surface area contributed by atoms with Gasteiger partial charge in [-0.15, -0.1) is 0 Å². The molecule has 1 N–H and O–H groups in total. The second kappa shape index (κ2) is 7.34. The molecule has 2 aromatic rings. The first-order chi connectivity index (χ1) is 11.3. The molecule has 2 aromatic carbocycles. The van der Waals surface area contributed by atoms with Crippen molar-refractivity contribution in [1.82, 2.24) is 0 Å². The molecule has 0 amide bonds. The van der Waals surface area contributed by atoms with Gasteiger partial charge in [0.05, 0.1) is 11.3 Å². The summed E-state index contributed by atoms with van der Waals surface area (Å²) >= 11 is 0. The zero-order valence-electron chi connectivity index (χ0n) is 13.4. The van der Waals surface area contributed by atoms with Crippen molar-refractivity contribution in [1.29, 1.82) is 0 Å². The fraction of sp³-hybridized carbons (Fsp3) is 0.211. The first kappa shape index (κ1) is 17.8. The van der Waals surface area contributed by atoms with Crippen LogP contribution in [0.15, 0.2) is 60.8 Å². The number of anilines is 1. The number of allylic oxidation sites excluding steroid dienone is 1. The Labute approximate surface area is 139 Å². The van der Waals surface area contributed by atoms with Crippen LogP contribution in [0.4, 0.5) is 18.9 Å². The fourth-order valence-electron chi connectivity index (χ4n) is 2.19. The molecule has 2 rings (SSSR count). The third-order valence-electron chi connectivity index (χ3n) is 3.57. The van der Waals surface area contributed by atoms with Gasteiger partial charge < -0.3 is 5.32 Å². The topological polar surface area (TPSA) is 29.1 Å². The lowest BCUT2D eigenvalue weighted by Gasteiger charge is -2.11. The Morgan fingerprint density at radius 1 is 1.04 bits per heavy atom. The van der Waals surface area contributed by atoms with Gasteiger partial charge in [0.25, 0.3) is 0 Å². The summed E-state index contributed by atoms with van der Waals surface area (Å²) in [5.41, 5.74) is 0.738. The number of carbonyl (C=O) groups excluding carboxylic acids is 1. The van der Waals surface area contributed by atoms with Gasteiger partial charge in [0.1, 0.15) is 0 Å². The first-order valence-electron chi connectivity index (χ1n) is 7.52. The van der Waals surface area contributed by atoms with Crippen LogP contribution >= 0.6 is 0 Å². The van der Waals surface area contributed by atoms with Crippen LogP contribution in [0, 0.1) is 0 Å². The van der Waals surface area contributed by atoms with E-state index in [0.29, 0.717) is 11.5 Å². The van der Waals surface area contributed by atoms with E-state index in [2.05, 4.69) is 19.2 Å². The summed E-state index contributed by atoms with van der Waals surface area (Å²) in [7, 11) is 0. The molecule has 24 heavy (non-hydrogen) atoms. The van der Waals surface area contributed by atoms with Gasteiger partial charge >= 0.3 is 6.18 Å². The molecule has 0 spiro atoms. The van der Waals surface area contributed by atoms with Crippen molar-refractivity contribution in [2.45, 2.75) is 25.9 Å². The van der Waals surface area contributed by atoms with Crippen LogP contribution < -0.4 is 5.32 Å². The second-order valence-electron chi connectivity index (χ2n) is 5.66. The smallest absolute Gasteiger partial charge is 0.361 e. The third-order valence-corrected chi connectivity index (χ3v) is 3.57. The summed E-state index contributed by atoms with van der Waals surface area (Å²) in [5, 5.41) is 2.53. The number of para-hydroxylation sites is 1. The molecule has 0 bridgehead atoms. The van der Waals surface area contributed by atoms with Gasteiger partial charge in [-0.25, -0.2) is 0 Å².